The number of aromatic amines is 1. The minimum absolute atomic E-state index is 0.188. The highest BCUT2D eigenvalue weighted by Crippen LogP contribution is 2.51. The van der Waals surface area contributed by atoms with Gasteiger partial charge in [0.25, 0.3) is 0 Å². The second-order valence-corrected chi connectivity index (χ2v) is 5.46. The zero-order chi connectivity index (χ0) is 15.9. The molecule has 2 atom stereocenters. The molecule has 1 saturated carbocycles. The van der Waals surface area contributed by atoms with Crippen molar-refractivity contribution >= 4 is 11.7 Å². The number of benzene rings is 1. The van der Waals surface area contributed by atoms with Crippen molar-refractivity contribution in [3.63, 3.8) is 0 Å². The van der Waals surface area contributed by atoms with Gasteiger partial charge in [0.2, 0.25) is 5.91 Å². The van der Waals surface area contributed by atoms with E-state index in [0.717, 1.165) is 11.8 Å². The Balaban J connectivity index is 1.73. The Morgan fingerprint density at radius 1 is 1.36 bits per heavy atom. The molecule has 1 aromatic carbocycles. The van der Waals surface area contributed by atoms with Crippen molar-refractivity contribution in [2.24, 2.45) is 5.92 Å². The largest absolute Gasteiger partial charge is 0.416 e. The molecule has 1 heterocycles. The standard InChI is InChI=1S/C15H14F3N3O/c1-8-6-13(21-20-8)19-14(22)11-7-10(11)9-4-2-3-5-12(9)15(16,17)18/h2-6,10-11H,7H2,1H3,(H2,19,20,21,22)/t10-,11+/m1/s1. The van der Waals surface area contributed by atoms with Crippen molar-refractivity contribution in [1.29, 1.82) is 0 Å². The molecular weight excluding hydrogens is 295 g/mol. The number of hydrogen-bond acceptors (Lipinski definition) is 2. The quantitative estimate of drug-likeness (QED) is 0.912. The molecular formula is C15H14F3N3O. The van der Waals surface area contributed by atoms with Crippen LogP contribution in [0, 0.1) is 12.8 Å². The summed E-state index contributed by atoms with van der Waals surface area (Å²) in [6.45, 7) is 1.79. The summed E-state index contributed by atoms with van der Waals surface area (Å²) in [4.78, 5) is 12.1. The summed E-state index contributed by atoms with van der Waals surface area (Å²) in [5.74, 6) is -0.746. The Bertz CT molecular complexity index is 708. The van der Waals surface area contributed by atoms with E-state index in [1.165, 1.54) is 12.1 Å². The van der Waals surface area contributed by atoms with Gasteiger partial charge in [0.05, 0.1) is 5.56 Å². The molecule has 1 aliphatic rings. The van der Waals surface area contributed by atoms with Crippen LogP contribution in [0.4, 0.5) is 19.0 Å². The zero-order valence-corrected chi connectivity index (χ0v) is 11.7. The van der Waals surface area contributed by atoms with Gasteiger partial charge in [0.15, 0.2) is 5.82 Å². The van der Waals surface area contributed by atoms with Gasteiger partial charge >= 0.3 is 6.18 Å². The molecule has 1 amide bonds. The van der Waals surface area contributed by atoms with Crippen molar-refractivity contribution < 1.29 is 18.0 Å². The number of halogens is 3. The van der Waals surface area contributed by atoms with Crippen molar-refractivity contribution in [3.8, 4) is 0 Å². The third-order valence-electron chi connectivity index (χ3n) is 3.75. The molecule has 3 rings (SSSR count). The first-order chi connectivity index (χ1) is 10.4. The fourth-order valence-corrected chi connectivity index (χ4v) is 2.61. The molecule has 0 unspecified atom stereocenters. The molecule has 1 fully saturated rings. The van der Waals surface area contributed by atoms with E-state index in [4.69, 9.17) is 0 Å². The minimum Gasteiger partial charge on any atom is -0.309 e. The summed E-state index contributed by atoms with van der Waals surface area (Å²) < 4.78 is 39.0. The number of alkyl halides is 3. The molecule has 4 nitrogen and oxygen atoms in total. The van der Waals surface area contributed by atoms with Crippen molar-refractivity contribution in [2.75, 3.05) is 5.32 Å². The average molecular weight is 309 g/mol. The van der Waals surface area contributed by atoms with Gasteiger partial charge in [0.1, 0.15) is 0 Å². The van der Waals surface area contributed by atoms with Crippen LogP contribution in [-0.2, 0) is 11.0 Å². The lowest BCUT2D eigenvalue weighted by molar-refractivity contribution is -0.138. The number of amides is 1. The van der Waals surface area contributed by atoms with Gasteiger partial charge in [-0.2, -0.15) is 18.3 Å². The van der Waals surface area contributed by atoms with E-state index < -0.39 is 23.6 Å². The zero-order valence-electron chi connectivity index (χ0n) is 11.7. The monoisotopic (exact) mass is 309 g/mol. The predicted molar refractivity (Wildman–Crippen MR) is 74.2 cm³/mol. The number of carbonyl (C=O) groups is 1. The van der Waals surface area contributed by atoms with E-state index in [-0.39, 0.29) is 11.5 Å². The Labute approximate surface area is 124 Å². The number of hydrogen-bond donors (Lipinski definition) is 2. The first-order valence-corrected chi connectivity index (χ1v) is 6.85. The van der Waals surface area contributed by atoms with Crippen LogP contribution >= 0.6 is 0 Å². The number of nitrogens with one attached hydrogen (secondary N) is 2. The van der Waals surface area contributed by atoms with Crippen LogP contribution in [0.5, 0.6) is 0 Å². The maximum atomic E-state index is 13.0. The molecule has 1 aromatic heterocycles. The third kappa shape index (κ3) is 2.84. The molecule has 2 N–H and O–H groups in total. The smallest absolute Gasteiger partial charge is 0.309 e. The minimum atomic E-state index is -4.40. The molecule has 0 spiro atoms. The summed E-state index contributed by atoms with van der Waals surface area (Å²) >= 11 is 0. The second-order valence-electron chi connectivity index (χ2n) is 5.46. The SMILES string of the molecule is Cc1cc(NC(=O)[C@H]2C[C@@H]2c2ccccc2C(F)(F)F)n[nH]1. The van der Waals surface area contributed by atoms with Gasteiger partial charge in [-0.15, -0.1) is 0 Å². The number of anilines is 1. The van der Waals surface area contributed by atoms with Gasteiger partial charge in [-0.25, -0.2) is 0 Å². The summed E-state index contributed by atoms with van der Waals surface area (Å²) in [7, 11) is 0. The fourth-order valence-electron chi connectivity index (χ4n) is 2.61. The highest BCUT2D eigenvalue weighted by Gasteiger charge is 2.47. The van der Waals surface area contributed by atoms with Crippen LogP contribution in [0.2, 0.25) is 0 Å². The summed E-state index contributed by atoms with van der Waals surface area (Å²) in [6, 6.07) is 7.09. The van der Waals surface area contributed by atoms with Crippen LogP contribution in [-0.4, -0.2) is 16.1 Å². The lowest BCUT2D eigenvalue weighted by Gasteiger charge is -2.12. The lowest BCUT2D eigenvalue weighted by Crippen LogP contribution is -2.16. The van der Waals surface area contributed by atoms with Crippen molar-refractivity contribution in [1.82, 2.24) is 10.2 Å². The normalized spacial score (nSPS) is 20.7. The number of aromatic nitrogens is 2. The van der Waals surface area contributed by atoms with Gasteiger partial charge in [-0.1, -0.05) is 18.2 Å². The molecule has 0 saturated heterocycles. The van der Waals surface area contributed by atoms with Crippen molar-refractivity contribution in [3.05, 3.63) is 47.2 Å². The number of rotatable bonds is 3. The number of carbonyl (C=O) groups excluding carboxylic acids is 1. The van der Waals surface area contributed by atoms with E-state index in [1.54, 1.807) is 19.1 Å². The van der Waals surface area contributed by atoms with E-state index in [1.807, 2.05) is 0 Å². The summed E-state index contributed by atoms with van der Waals surface area (Å²) in [6.07, 6.45) is -3.98. The van der Waals surface area contributed by atoms with E-state index >= 15 is 0 Å². The van der Waals surface area contributed by atoms with Crippen LogP contribution in [0.15, 0.2) is 30.3 Å². The molecule has 1 aliphatic carbocycles. The van der Waals surface area contributed by atoms with Gasteiger partial charge in [-0.3, -0.25) is 9.89 Å². The Kier molecular flexibility index (Phi) is 3.42. The van der Waals surface area contributed by atoms with Gasteiger partial charge < -0.3 is 5.32 Å². The number of H-pyrrole nitrogens is 1. The topological polar surface area (TPSA) is 57.8 Å². The van der Waals surface area contributed by atoms with E-state index in [2.05, 4.69) is 15.5 Å². The van der Waals surface area contributed by atoms with Crippen LogP contribution in [0.3, 0.4) is 0 Å². The Hall–Kier alpha value is -2.31. The molecule has 116 valence electrons. The molecule has 7 heteroatoms. The van der Waals surface area contributed by atoms with Crippen LogP contribution < -0.4 is 5.32 Å². The molecule has 0 bridgehead atoms. The van der Waals surface area contributed by atoms with Gasteiger partial charge in [0, 0.05) is 17.7 Å². The fraction of sp³-hybridized carbons (Fsp3) is 0.333. The third-order valence-corrected chi connectivity index (χ3v) is 3.75. The average Bonchev–Trinajstić information content (AvgIpc) is 3.15. The van der Waals surface area contributed by atoms with E-state index in [0.29, 0.717) is 12.2 Å². The number of nitrogens with zero attached hydrogens (tertiary/aromatic N) is 1. The predicted octanol–water partition coefficient (Wildman–Crippen LogP) is 3.48. The maximum Gasteiger partial charge on any atom is 0.416 e. The molecule has 2 aromatic rings. The lowest BCUT2D eigenvalue weighted by atomic mass is 10.0. The Morgan fingerprint density at radius 3 is 2.73 bits per heavy atom. The summed E-state index contributed by atoms with van der Waals surface area (Å²) in [5, 5.41) is 9.20. The van der Waals surface area contributed by atoms with Crippen molar-refractivity contribution in [2.45, 2.75) is 25.4 Å². The molecule has 22 heavy (non-hydrogen) atoms. The summed E-state index contributed by atoms with van der Waals surface area (Å²) in [5.41, 5.74) is 0.323. The maximum absolute atomic E-state index is 13.0. The number of aryl methyl sites for hydroxylation is 1. The first-order valence-electron chi connectivity index (χ1n) is 6.85. The molecule has 0 aliphatic heterocycles. The second kappa shape index (κ2) is 5.15. The van der Waals surface area contributed by atoms with Gasteiger partial charge in [-0.05, 0) is 30.9 Å². The highest BCUT2D eigenvalue weighted by atomic mass is 19.4. The first kappa shape index (κ1) is 14.6. The highest BCUT2D eigenvalue weighted by molar-refractivity contribution is 5.94. The Morgan fingerprint density at radius 2 is 2.09 bits per heavy atom. The van der Waals surface area contributed by atoms with Crippen LogP contribution in [0.1, 0.15) is 29.2 Å². The van der Waals surface area contributed by atoms with E-state index in [9.17, 15) is 18.0 Å². The van der Waals surface area contributed by atoms with Crippen LogP contribution in [0.25, 0.3) is 0 Å². The molecule has 0 radical (unpaired) electrons.